The van der Waals surface area contributed by atoms with Crippen LogP contribution in [0.4, 0.5) is 5.95 Å². The molecule has 1 unspecified atom stereocenters. The average Bonchev–Trinajstić information content (AvgIpc) is 3.17. The summed E-state index contributed by atoms with van der Waals surface area (Å²) < 4.78 is 11.4. The molecular weight excluding hydrogens is 404 g/mol. The molecule has 168 valence electrons. The molecular formula is C25H30N4O3. The molecule has 2 aliphatic rings. The zero-order valence-electron chi connectivity index (χ0n) is 18.6. The molecule has 3 aromatic rings. The number of aromatic nitrogens is 2. The topological polar surface area (TPSA) is 71.7 Å². The van der Waals surface area contributed by atoms with Crippen LogP contribution in [0.2, 0.25) is 0 Å². The second-order valence-electron chi connectivity index (χ2n) is 9.29. The number of rotatable bonds is 4. The van der Waals surface area contributed by atoms with E-state index in [9.17, 15) is 4.79 Å². The highest BCUT2D eigenvalue weighted by molar-refractivity contribution is 5.83. The zero-order chi connectivity index (χ0) is 22.0. The van der Waals surface area contributed by atoms with Crippen LogP contribution in [0.5, 0.6) is 0 Å². The van der Waals surface area contributed by atoms with Crippen LogP contribution >= 0.6 is 0 Å². The highest BCUT2D eigenvalue weighted by Crippen LogP contribution is 2.34. The van der Waals surface area contributed by atoms with E-state index in [4.69, 9.17) is 9.15 Å². The van der Waals surface area contributed by atoms with Gasteiger partial charge in [0.2, 0.25) is 11.9 Å². The number of carbonyl (C=O) groups excluding carboxylic acids is 1. The lowest BCUT2D eigenvalue weighted by atomic mass is 9.79. The monoisotopic (exact) mass is 434 g/mol. The molecule has 1 amide bonds. The van der Waals surface area contributed by atoms with Gasteiger partial charge in [0.15, 0.2) is 0 Å². The van der Waals surface area contributed by atoms with Crippen molar-refractivity contribution in [3.63, 3.8) is 0 Å². The van der Waals surface area contributed by atoms with Gasteiger partial charge in [0, 0.05) is 55.3 Å². The summed E-state index contributed by atoms with van der Waals surface area (Å²) in [7, 11) is 0. The first-order chi connectivity index (χ1) is 15.6. The van der Waals surface area contributed by atoms with Crippen LogP contribution in [0.15, 0.2) is 53.4 Å². The molecule has 0 bridgehead atoms. The van der Waals surface area contributed by atoms with E-state index in [1.54, 1.807) is 18.7 Å². The molecule has 32 heavy (non-hydrogen) atoms. The van der Waals surface area contributed by atoms with E-state index in [1.165, 1.54) is 5.56 Å². The number of furan rings is 1. The number of piperidine rings is 1. The van der Waals surface area contributed by atoms with Gasteiger partial charge in [-0.1, -0.05) is 19.1 Å². The van der Waals surface area contributed by atoms with Crippen molar-refractivity contribution in [2.45, 2.75) is 26.2 Å². The number of amides is 1. The summed E-state index contributed by atoms with van der Waals surface area (Å²) in [6.45, 7) is 6.37. The normalized spacial score (nSPS) is 21.5. The summed E-state index contributed by atoms with van der Waals surface area (Å²) in [4.78, 5) is 26.5. The molecule has 2 fully saturated rings. The van der Waals surface area contributed by atoms with Crippen LogP contribution in [0.25, 0.3) is 11.0 Å². The van der Waals surface area contributed by atoms with Gasteiger partial charge in [-0.3, -0.25) is 4.79 Å². The second-order valence-corrected chi connectivity index (χ2v) is 9.29. The summed E-state index contributed by atoms with van der Waals surface area (Å²) >= 11 is 0. The van der Waals surface area contributed by atoms with Gasteiger partial charge in [-0.25, -0.2) is 9.97 Å². The van der Waals surface area contributed by atoms with Crippen molar-refractivity contribution in [2.75, 3.05) is 44.3 Å². The van der Waals surface area contributed by atoms with Crippen molar-refractivity contribution in [3.05, 3.63) is 54.6 Å². The molecule has 1 aromatic carbocycles. The maximum atomic E-state index is 13.6. The average molecular weight is 435 g/mol. The first-order valence-electron chi connectivity index (χ1n) is 11.5. The van der Waals surface area contributed by atoms with Crippen molar-refractivity contribution in [3.8, 4) is 0 Å². The number of carbonyl (C=O) groups is 1. The molecule has 4 heterocycles. The third kappa shape index (κ3) is 4.35. The second kappa shape index (κ2) is 8.90. The molecule has 5 rings (SSSR count). The highest BCUT2D eigenvalue weighted by Gasteiger charge is 2.40. The first kappa shape index (κ1) is 20.9. The van der Waals surface area contributed by atoms with E-state index in [1.807, 2.05) is 17.0 Å². The van der Waals surface area contributed by atoms with Crippen molar-refractivity contribution < 1.29 is 13.9 Å². The maximum Gasteiger partial charge on any atom is 0.228 e. The van der Waals surface area contributed by atoms with Crippen molar-refractivity contribution in [1.29, 1.82) is 0 Å². The van der Waals surface area contributed by atoms with Gasteiger partial charge in [-0.15, -0.1) is 0 Å². The predicted molar refractivity (Wildman–Crippen MR) is 122 cm³/mol. The Kier molecular flexibility index (Phi) is 5.83. The summed E-state index contributed by atoms with van der Waals surface area (Å²) in [5.41, 5.74) is 1.78. The van der Waals surface area contributed by atoms with E-state index in [0.717, 1.165) is 55.8 Å². The van der Waals surface area contributed by atoms with Crippen molar-refractivity contribution >= 4 is 22.8 Å². The van der Waals surface area contributed by atoms with Crippen LogP contribution in [0.3, 0.4) is 0 Å². The molecule has 0 N–H and O–H groups in total. The Bertz CT molecular complexity index is 1060. The van der Waals surface area contributed by atoms with Crippen LogP contribution in [0.1, 0.15) is 25.3 Å². The lowest BCUT2D eigenvalue weighted by molar-refractivity contribution is -0.142. The molecule has 1 atom stereocenters. The van der Waals surface area contributed by atoms with Gasteiger partial charge >= 0.3 is 0 Å². The number of anilines is 1. The minimum absolute atomic E-state index is 0.253. The van der Waals surface area contributed by atoms with Gasteiger partial charge in [-0.2, -0.15) is 0 Å². The number of nitrogens with zero attached hydrogens (tertiary/aromatic N) is 4. The smallest absolute Gasteiger partial charge is 0.228 e. The van der Waals surface area contributed by atoms with Crippen LogP contribution in [-0.2, 0) is 16.0 Å². The Morgan fingerprint density at radius 2 is 1.97 bits per heavy atom. The van der Waals surface area contributed by atoms with Gasteiger partial charge < -0.3 is 19.0 Å². The fourth-order valence-electron chi connectivity index (χ4n) is 4.90. The van der Waals surface area contributed by atoms with Crippen LogP contribution in [-0.4, -0.2) is 60.2 Å². The standard InChI is InChI=1S/C25H30N4O3/c1-25(6-10-28(11-7-25)24-26-8-2-9-27-24)23(30)29-12-14-31-18-20(17-29)15-19-3-4-21-5-13-32-22(21)16-19/h2-5,8-9,13,16,20H,6-7,10-12,14-15,17-18H2,1H3. The Hall–Kier alpha value is -2.93. The molecule has 0 saturated carbocycles. The molecule has 7 heteroatoms. The van der Waals surface area contributed by atoms with Gasteiger partial charge in [0.25, 0.3) is 0 Å². The molecule has 2 saturated heterocycles. The van der Waals surface area contributed by atoms with Crippen LogP contribution in [0, 0.1) is 11.3 Å². The summed E-state index contributed by atoms with van der Waals surface area (Å²) in [5.74, 6) is 1.28. The quantitative estimate of drug-likeness (QED) is 0.625. The van der Waals surface area contributed by atoms with Crippen molar-refractivity contribution in [2.24, 2.45) is 11.3 Å². The number of fused-ring (bicyclic) bond motifs is 1. The Labute approximate surface area is 188 Å². The Morgan fingerprint density at radius 3 is 2.78 bits per heavy atom. The highest BCUT2D eigenvalue weighted by atomic mass is 16.5. The van der Waals surface area contributed by atoms with E-state index >= 15 is 0 Å². The van der Waals surface area contributed by atoms with Gasteiger partial charge in [0.05, 0.1) is 19.5 Å². The molecule has 2 aromatic heterocycles. The summed E-state index contributed by atoms with van der Waals surface area (Å²) in [6, 6.07) is 10.2. The predicted octanol–water partition coefficient (Wildman–Crippen LogP) is 3.55. The van der Waals surface area contributed by atoms with Crippen LogP contribution < -0.4 is 4.90 Å². The third-order valence-corrected chi connectivity index (χ3v) is 6.89. The van der Waals surface area contributed by atoms with Crippen molar-refractivity contribution in [1.82, 2.24) is 14.9 Å². The first-order valence-corrected chi connectivity index (χ1v) is 11.5. The molecule has 0 aliphatic carbocycles. The fraction of sp³-hybridized carbons (Fsp3) is 0.480. The van der Waals surface area contributed by atoms with E-state index in [-0.39, 0.29) is 17.2 Å². The zero-order valence-corrected chi connectivity index (χ0v) is 18.6. The molecule has 7 nitrogen and oxygen atoms in total. The Morgan fingerprint density at radius 1 is 1.16 bits per heavy atom. The SMILES string of the molecule is CC1(C(=O)N2CCOCC(Cc3ccc4ccoc4c3)C2)CCN(c2ncccn2)CC1. The minimum Gasteiger partial charge on any atom is -0.464 e. The third-order valence-electron chi connectivity index (χ3n) is 6.89. The van der Waals surface area contributed by atoms with E-state index in [0.29, 0.717) is 19.8 Å². The molecule has 0 radical (unpaired) electrons. The fourth-order valence-corrected chi connectivity index (χ4v) is 4.90. The lowest BCUT2D eigenvalue weighted by Crippen LogP contribution is -2.50. The number of hydrogen-bond acceptors (Lipinski definition) is 6. The minimum atomic E-state index is -0.354. The molecule has 0 spiro atoms. The van der Waals surface area contributed by atoms with Gasteiger partial charge in [-0.05, 0) is 43.0 Å². The van der Waals surface area contributed by atoms with E-state index < -0.39 is 0 Å². The largest absolute Gasteiger partial charge is 0.464 e. The van der Waals surface area contributed by atoms with E-state index in [2.05, 4.69) is 40.0 Å². The molecule has 2 aliphatic heterocycles. The number of ether oxygens (including phenoxy) is 1. The number of hydrogen-bond donors (Lipinski definition) is 0. The number of benzene rings is 1. The van der Waals surface area contributed by atoms with Gasteiger partial charge in [0.1, 0.15) is 5.58 Å². The Balaban J connectivity index is 1.23. The maximum absolute atomic E-state index is 13.6. The summed E-state index contributed by atoms with van der Waals surface area (Å²) in [6.07, 6.45) is 7.74. The lowest BCUT2D eigenvalue weighted by Gasteiger charge is -2.41. The summed E-state index contributed by atoms with van der Waals surface area (Å²) in [5, 5.41) is 1.11.